The number of H-pyrrole nitrogens is 2. The van der Waals surface area contributed by atoms with E-state index in [4.69, 9.17) is 0 Å². The molecule has 1 aromatic carbocycles. The van der Waals surface area contributed by atoms with Crippen molar-refractivity contribution in [2.45, 2.75) is 26.2 Å². The number of aromatic nitrogens is 2. The fourth-order valence-corrected chi connectivity index (χ4v) is 1.64. The maximum atomic E-state index is 13.0. The van der Waals surface area contributed by atoms with Gasteiger partial charge in [0.1, 0.15) is 5.82 Å². The van der Waals surface area contributed by atoms with Gasteiger partial charge in [-0.15, -0.1) is 5.11 Å². The summed E-state index contributed by atoms with van der Waals surface area (Å²) in [5.74, 6) is -0.393. The van der Waals surface area contributed by atoms with Crippen molar-refractivity contribution in [3.63, 3.8) is 0 Å². The Morgan fingerprint density at radius 3 is 2.53 bits per heavy atom. The largest absolute Gasteiger partial charge is 0.299 e. The van der Waals surface area contributed by atoms with Crippen molar-refractivity contribution in [1.82, 2.24) is 10.2 Å². The first-order chi connectivity index (χ1) is 8.88. The van der Waals surface area contributed by atoms with Crippen LogP contribution in [-0.4, -0.2) is 10.2 Å². The number of aromatic amines is 2. The fraction of sp³-hybridized carbons (Fsp3) is 0.308. The molecule has 0 radical (unpaired) electrons. The third-order valence-electron chi connectivity index (χ3n) is 2.58. The summed E-state index contributed by atoms with van der Waals surface area (Å²) >= 11 is 0. The zero-order valence-electron chi connectivity index (χ0n) is 11.0. The number of nitrogens with zero attached hydrogens (tertiary/aromatic N) is 2. The highest BCUT2D eigenvalue weighted by Crippen LogP contribution is 2.27. The minimum atomic E-state index is -0.393. The molecule has 0 aliphatic heterocycles. The highest BCUT2D eigenvalue weighted by Gasteiger charge is 2.22. The molecular formula is C13H15FN4O. The van der Waals surface area contributed by atoms with Gasteiger partial charge in [-0.05, 0) is 12.1 Å². The van der Waals surface area contributed by atoms with Crippen molar-refractivity contribution >= 4 is 11.4 Å². The SMILES string of the molecule is CC(C)(C)c1[nH][nH]c(=O)c1N=Nc1cccc(F)c1. The van der Waals surface area contributed by atoms with Crippen LogP contribution in [0.15, 0.2) is 39.3 Å². The topological polar surface area (TPSA) is 73.4 Å². The van der Waals surface area contributed by atoms with Crippen molar-refractivity contribution in [2.75, 3.05) is 0 Å². The summed E-state index contributed by atoms with van der Waals surface area (Å²) < 4.78 is 13.0. The van der Waals surface area contributed by atoms with Crippen molar-refractivity contribution in [3.8, 4) is 0 Å². The average Bonchev–Trinajstić information content (AvgIpc) is 2.68. The standard InChI is InChI=1S/C13H15FN4O/c1-13(2,3)11-10(12(19)18-17-11)16-15-9-6-4-5-8(14)7-9/h4-7H,1-3H3,(H2,17,18,19). The summed E-state index contributed by atoms with van der Waals surface area (Å²) in [6, 6.07) is 5.73. The highest BCUT2D eigenvalue weighted by atomic mass is 19.1. The Balaban J connectivity index is 2.39. The molecule has 2 N–H and O–H groups in total. The maximum absolute atomic E-state index is 13.0. The lowest BCUT2D eigenvalue weighted by molar-refractivity contribution is 0.567. The number of azo groups is 1. The van der Waals surface area contributed by atoms with Crippen molar-refractivity contribution in [1.29, 1.82) is 0 Å². The molecule has 0 saturated carbocycles. The predicted molar refractivity (Wildman–Crippen MR) is 70.7 cm³/mol. The number of halogens is 1. The van der Waals surface area contributed by atoms with E-state index in [-0.39, 0.29) is 16.7 Å². The van der Waals surface area contributed by atoms with Gasteiger partial charge in [-0.3, -0.25) is 15.0 Å². The first kappa shape index (κ1) is 13.2. The second-order valence-corrected chi connectivity index (χ2v) is 5.23. The van der Waals surface area contributed by atoms with E-state index in [1.807, 2.05) is 20.8 Å². The molecule has 100 valence electrons. The van der Waals surface area contributed by atoms with E-state index in [1.54, 1.807) is 6.07 Å². The van der Waals surface area contributed by atoms with Crippen LogP contribution in [-0.2, 0) is 5.41 Å². The Kier molecular flexibility index (Phi) is 3.33. The minimum Gasteiger partial charge on any atom is -0.299 e. The lowest BCUT2D eigenvalue weighted by Gasteiger charge is -2.15. The van der Waals surface area contributed by atoms with E-state index in [1.165, 1.54) is 18.2 Å². The van der Waals surface area contributed by atoms with Gasteiger partial charge >= 0.3 is 0 Å². The molecule has 0 fully saturated rings. The normalized spacial score (nSPS) is 12.2. The van der Waals surface area contributed by atoms with Crippen LogP contribution in [0.2, 0.25) is 0 Å². The molecule has 0 aliphatic carbocycles. The smallest absolute Gasteiger partial charge is 0.292 e. The number of benzene rings is 1. The van der Waals surface area contributed by atoms with Gasteiger partial charge < -0.3 is 0 Å². The average molecular weight is 262 g/mol. The molecule has 5 nitrogen and oxygen atoms in total. The zero-order valence-corrected chi connectivity index (χ0v) is 11.0. The molecule has 0 spiro atoms. The zero-order chi connectivity index (χ0) is 14.0. The Labute approximate surface area is 109 Å². The number of rotatable bonds is 2. The van der Waals surface area contributed by atoms with Crippen LogP contribution >= 0.6 is 0 Å². The maximum Gasteiger partial charge on any atom is 0.292 e. The minimum absolute atomic E-state index is 0.219. The third-order valence-corrected chi connectivity index (χ3v) is 2.58. The Morgan fingerprint density at radius 1 is 1.16 bits per heavy atom. The fourth-order valence-electron chi connectivity index (χ4n) is 1.64. The lowest BCUT2D eigenvalue weighted by atomic mass is 9.91. The van der Waals surface area contributed by atoms with Gasteiger partial charge in [-0.1, -0.05) is 26.8 Å². The summed E-state index contributed by atoms with van der Waals surface area (Å²) in [7, 11) is 0. The molecule has 19 heavy (non-hydrogen) atoms. The van der Waals surface area contributed by atoms with Crippen molar-refractivity contribution < 1.29 is 4.39 Å². The Bertz CT molecular complexity index is 664. The second kappa shape index (κ2) is 4.79. The van der Waals surface area contributed by atoms with Crippen LogP contribution in [0.25, 0.3) is 0 Å². The Hall–Kier alpha value is -2.24. The predicted octanol–water partition coefficient (Wildman–Crippen LogP) is 3.56. The lowest BCUT2D eigenvalue weighted by Crippen LogP contribution is -2.12. The molecule has 1 heterocycles. The molecule has 0 amide bonds. The van der Waals surface area contributed by atoms with Crippen molar-refractivity contribution in [2.24, 2.45) is 10.2 Å². The van der Waals surface area contributed by atoms with Gasteiger partial charge in [0, 0.05) is 11.5 Å². The summed E-state index contributed by atoms with van der Waals surface area (Å²) in [5.41, 5.74) is 0.634. The van der Waals surface area contributed by atoms with E-state index in [0.717, 1.165) is 0 Å². The van der Waals surface area contributed by atoms with Gasteiger partial charge in [0.25, 0.3) is 5.56 Å². The van der Waals surface area contributed by atoms with Gasteiger partial charge in [0.15, 0.2) is 5.69 Å². The van der Waals surface area contributed by atoms with Crippen LogP contribution < -0.4 is 5.56 Å². The molecule has 0 bridgehead atoms. The first-order valence-electron chi connectivity index (χ1n) is 5.86. The molecule has 0 aliphatic rings. The van der Waals surface area contributed by atoms with Gasteiger partial charge in [-0.2, -0.15) is 5.11 Å². The van der Waals surface area contributed by atoms with E-state index in [9.17, 15) is 9.18 Å². The molecular weight excluding hydrogens is 247 g/mol. The summed E-state index contributed by atoms with van der Waals surface area (Å²) in [6.07, 6.45) is 0. The van der Waals surface area contributed by atoms with Gasteiger partial charge in [0.05, 0.1) is 11.4 Å². The molecule has 2 aromatic rings. The van der Waals surface area contributed by atoms with Crippen LogP contribution in [0.5, 0.6) is 0 Å². The van der Waals surface area contributed by atoms with E-state index in [0.29, 0.717) is 11.4 Å². The van der Waals surface area contributed by atoms with Gasteiger partial charge in [0.2, 0.25) is 0 Å². The van der Waals surface area contributed by atoms with Gasteiger partial charge in [-0.25, -0.2) is 4.39 Å². The monoisotopic (exact) mass is 262 g/mol. The van der Waals surface area contributed by atoms with Crippen LogP contribution in [0.4, 0.5) is 15.8 Å². The highest BCUT2D eigenvalue weighted by molar-refractivity contribution is 5.44. The molecule has 0 atom stereocenters. The quantitative estimate of drug-likeness (QED) is 0.798. The van der Waals surface area contributed by atoms with Crippen LogP contribution in [0, 0.1) is 5.82 Å². The number of hydrogen-bond donors (Lipinski definition) is 2. The summed E-state index contributed by atoms with van der Waals surface area (Å²) in [5, 5.41) is 13.1. The first-order valence-corrected chi connectivity index (χ1v) is 5.86. The van der Waals surface area contributed by atoms with Crippen molar-refractivity contribution in [3.05, 3.63) is 46.1 Å². The van der Waals surface area contributed by atoms with Crippen LogP contribution in [0.1, 0.15) is 26.5 Å². The van der Waals surface area contributed by atoms with E-state index in [2.05, 4.69) is 20.4 Å². The molecule has 6 heteroatoms. The van der Waals surface area contributed by atoms with Crippen LogP contribution in [0.3, 0.4) is 0 Å². The van der Waals surface area contributed by atoms with E-state index >= 15 is 0 Å². The number of nitrogens with one attached hydrogen (secondary N) is 2. The Morgan fingerprint density at radius 2 is 1.89 bits per heavy atom. The molecule has 1 aromatic heterocycles. The molecule has 0 saturated heterocycles. The molecule has 2 rings (SSSR count). The third kappa shape index (κ3) is 2.96. The summed E-state index contributed by atoms with van der Waals surface area (Å²) in [4.78, 5) is 11.7. The molecule has 0 unspecified atom stereocenters. The second-order valence-electron chi connectivity index (χ2n) is 5.23. The van der Waals surface area contributed by atoms with E-state index < -0.39 is 5.82 Å². The number of hydrogen-bond acceptors (Lipinski definition) is 3. The summed E-state index contributed by atoms with van der Waals surface area (Å²) in [6.45, 7) is 5.86.